The van der Waals surface area contributed by atoms with Crippen molar-refractivity contribution in [3.05, 3.63) is 0 Å². The first-order valence-electron chi connectivity index (χ1n) is 3.92. The maximum atomic E-state index is 10.4. The van der Waals surface area contributed by atoms with Gasteiger partial charge in [-0.2, -0.15) is 0 Å². The molecule has 0 amide bonds. The van der Waals surface area contributed by atoms with Gasteiger partial charge in [-0.05, 0) is 0 Å². The molecule has 8 heteroatoms. The zero-order valence-corrected chi connectivity index (χ0v) is 10.4. The molecule has 1 saturated heterocycles. The van der Waals surface area contributed by atoms with Gasteiger partial charge in [-0.15, -0.1) is 0 Å². The fraction of sp³-hybridized carbons (Fsp3) is 0.857. The van der Waals surface area contributed by atoms with Crippen molar-refractivity contribution in [2.75, 3.05) is 7.11 Å². The summed E-state index contributed by atoms with van der Waals surface area (Å²) in [6.07, 6.45) is -7.88. The second-order valence-corrected chi connectivity index (χ2v) is 2.95. The third-order valence-electron chi connectivity index (χ3n) is 2.03. The van der Waals surface area contributed by atoms with Crippen LogP contribution >= 0.6 is 0 Å². The number of hydrogen-bond acceptors (Lipinski definition) is 7. The number of carbonyl (C=O) groups is 1. The van der Waals surface area contributed by atoms with Crippen LogP contribution in [0.4, 0.5) is 0 Å². The summed E-state index contributed by atoms with van der Waals surface area (Å²) in [5, 5.41) is 38.1. The zero-order chi connectivity index (χ0) is 10.9. The number of aliphatic hydroxyl groups excluding tert-OH is 3. The number of carbonyl (C=O) groups excluding carboxylic acids is 1. The summed E-state index contributed by atoms with van der Waals surface area (Å²) >= 11 is 0. The number of aliphatic carboxylic acids is 1. The Labute approximate surface area is 108 Å². The molecule has 0 aromatic heterocycles. The first kappa shape index (κ1) is 15.3. The molecule has 0 aliphatic carbocycles. The van der Waals surface area contributed by atoms with Crippen LogP contribution in [0.25, 0.3) is 0 Å². The van der Waals surface area contributed by atoms with Crippen molar-refractivity contribution >= 4 is 5.97 Å². The molecule has 0 spiro atoms. The van der Waals surface area contributed by atoms with E-state index < -0.39 is 36.7 Å². The van der Waals surface area contributed by atoms with Gasteiger partial charge in [0.05, 0.1) is 5.97 Å². The van der Waals surface area contributed by atoms with Crippen LogP contribution in [0.15, 0.2) is 0 Å². The van der Waals surface area contributed by atoms with E-state index in [4.69, 9.17) is 0 Å². The predicted molar refractivity (Wildman–Crippen MR) is 38.7 cm³/mol. The molecule has 1 aliphatic heterocycles. The summed E-state index contributed by atoms with van der Waals surface area (Å²) in [5.41, 5.74) is 0. The molecule has 1 rings (SSSR count). The van der Waals surface area contributed by atoms with Crippen molar-refractivity contribution in [1.29, 1.82) is 0 Å². The van der Waals surface area contributed by atoms with Crippen LogP contribution in [0, 0.1) is 0 Å². The Bertz CT molecular complexity index is 221. The van der Waals surface area contributed by atoms with Crippen LogP contribution in [0.3, 0.4) is 0 Å². The normalized spacial score (nSPS) is 40.7. The van der Waals surface area contributed by atoms with Gasteiger partial charge in [-0.25, -0.2) is 0 Å². The molecule has 82 valence electrons. The van der Waals surface area contributed by atoms with Crippen molar-refractivity contribution < 1.29 is 64.3 Å². The van der Waals surface area contributed by atoms with Crippen molar-refractivity contribution in [2.45, 2.75) is 30.7 Å². The number of methoxy groups -OCH3 is 1. The van der Waals surface area contributed by atoms with Crippen LogP contribution in [-0.2, 0) is 14.3 Å². The Morgan fingerprint density at radius 1 is 1.27 bits per heavy atom. The molecule has 0 aromatic rings. The average Bonchev–Trinajstić information content (AvgIpc) is 2.14. The second-order valence-electron chi connectivity index (χ2n) is 2.95. The van der Waals surface area contributed by atoms with E-state index in [1.165, 1.54) is 7.11 Å². The van der Waals surface area contributed by atoms with E-state index in [0.717, 1.165) is 0 Å². The Hall–Kier alpha value is 0.270. The van der Waals surface area contributed by atoms with E-state index >= 15 is 0 Å². The second kappa shape index (κ2) is 6.12. The first-order valence-corrected chi connectivity index (χ1v) is 3.92. The van der Waals surface area contributed by atoms with E-state index in [2.05, 4.69) is 9.47 Å². The van der Waals surface area contributed by atoms with Crippen LogP contribution in [0.1, 0.15) is 0 Å². The Morgan fingerprint density at radius 2 is 1.80 bits per heavy atom. The fourth-order valence-electron chi connectivity index (χ4n) is 1.24. The Kier molecular flexibility index (Phi) is 6.23. The van der Waals surface area contributed by atoms with Crippen LogP contribution in [0.5, 0.6) is 0 Å². The number of rotatable bonds is 2. The molecular weight excluding hydrogens is 219 g/mol. The minimum atomic E-state index is -1.73. The number of carboxylic acids is 1. The molecule has 0 aromatic carbocycles. The van der Waals surface area contributed by atoms with Crippen molar-refractivity contribution in [2.24, 2.45) is 0 Å². The third-order valence-corrected chi connectivity index (χ3v) is 2.03. The van der Waals surface area contributed by atoms with Gasteiger partial charge < -0.3 is 34.7 Å². The van der Waals surface area contributed by atoms with Crippen LogP contribution in [-0.4, -0.2) is 59.1 Å². The molecule has 3 N–H and O–H groups in total. The minimum absolute atomic E-state index is 0. The summed E-state index contributed by atoms with van der Waals surface area (Å²) < 4.78 is 9.22. The maximum Gasteiger partial charge on any atom is 1.00 e. The van der Waals surface area contributed by atoms with Gasteiger partial charge in [0.2, 0.25) is 0 Å². The van der Waals surface area contributed by atoms with Gasteiger partial charge in [0.25, 0.3) is 0 Å². The summed E-state index contributed by atoms with van der Waals surface area (Å²) in [4.78, 5) is 10.4. The summed E-state index contributed by atoms with van der Waals surface area (Å²) in [6.45, 7) is 0. The molecule has 5 unspecified atom stereocenters. The molecule has 1 heterocycles. The molecule has 0 saturated carbocycles. The van der Waals surface area contributed by atoms with E-state index in [1.54, 1.807) is 0 Å². The zero-order valence-electron chi connectivity index (χ0n) is 8.36. The van der Waals surface area contributed by atoms with E-state index in [9.17, 15) is 25.2 Å². The fourth-order valence-corrected chi connectivity index (χ4v) is 1.24. The SMILES string of the molecule is COC1OC(C(=O)[O-])C(O)C(O)C1O.[Na+]. The molecule has 1 aliphatic rings. The minimum Gasteiger partial charge on any atom is -0.547 e. The van der Waals surface area contributed by atoms with Crippen molar-refractivity contribution in [1.82, 2.24) is 0 Å². The summed E-state index contributed by atoms with van der Waals surface area (Å²) in [5.74, 6) is -1.68. The monoisotopic (exact) mass is 230 g/mol. The number of hydrogen-bond donors (Lipinski definition) is 3. The van der Waals surface area contributed by atoms with Gasteiger partial charge in [-0.1, -0.05) is 0 Å². The van der Waals surface area contributed by atoms with Crippen molar-refractivity contribution in [3.63, 3.8) is 0 Å². The third kappa shape index (κ3) is 3.11. The van der Waals surface area contributed by atoms with Gasteiger partial charge >= 0.3 is 29.6 Å². The molecule has 0 radical (unpaired) electrons. The van der Waals surface area contributed by atoms with Gasteiger partial charge in [0.1, 0.15) is 24.4 Å². The number of carboxylic acid groups (broad SMARTS) is 1. The predicted octanol–water partition coefficient (Wildman–Crippen LogP) is -6.81. The average molecular weight is 230 g/mol. The molecule has 1 fully saturated rings. The Morgan fingerprint density at radius 3 is 2.20 bits per heavy atom. The van der Waals surface area contributed by atoms with E-state index in [-0.39, 0.29) is 29.6 Å². The van der Waals surface area contributed by atoms with Gasteiger partial charge in [0, 0.05) is 7.11 Å². The molecule has 7 nitrogen and oxygen atoms in total. The molecular formula is C7H11NaO7. The van der Waals surface area contributed by atoms with E-state index in [1.807, 2.05) is 0 Å². The summed E-state index contributed by atoms with van der Waals surface area (Å²) in [6, 6.07) is 0. The van der Waals surface area contributed by atoms with E-state index in [0.29, 0.717) is 0 Å². The largest absolute Gasteiger partial charge is 1.00 e. The Balaban J connectivity index is 0.00000196. The van der Waals surface area contributed by atoms with Crippen LogP contribution in [0.2, 0.25) is 0 Å². The topological polar surface area (TPSA) is 119 Å². The standard InChI is InChI=1S/C7H12O7.Na/c1-13-7-4(10)2(8)3(9)5(14-7)6(11)12;/h2-5,7-10H,1H3,(H,11,12);/q;+1/p-1. The maximum absolute atomic E-state index is 10.4. The molecule has 15 heavy (non-hydrogen) atoms. The van der Waals surface area contributed by atoms with Crippen LogP contribution < -0.4 is 34.7 Å². The summed E-state index contributed by atoms with van der Waals surface area (Å²) in [7, 11) is 1.17. The molecule has 5 atom stereocenters. The quantitative estimate of drug-likeness (QED) is 0.403. The van der Waals surface area contributed by atoms with Gasteiger partial charge in [0.15, 0.2) is 6.29 Å². The smallest absolute Gasteiger partial charge is 0.547 e. The van der Waals surface area contributed by atoms with Gasteiger partial charge in [-0.3, -0.25) is 0 Å². The first-order chi connectivity index (χ1) is 6.49. The number of aliphatic hydroxyl groups is 3. The number of ether oxygens (including phenoxy) is 2. The molecule has 0 bridgehead atoms. The van der Waals surface area contributed by atoms with Crippen molar-refractivity contribution in [3.8, 4) is 0 Å².